The van der Waals surface area contributed by atoms with Crippen LogP contribution in [0.4, 0.5) is 0 Å². The molecule has 0 aliphatic heterocycles. The second-order valence-electron chi connectivity index (χ2n) is 3.99. The number of rotatable bonds is 1. The summed E-state index contributed by atoms with van der Waals surface area (Å²) in [5, 5.41) is 0. The Hall–Kier alpha value is -1.09. The van der Waals surface area contributed by atoms with Crippen LogP contribution in [0.1, 0.15) is 22.9 Å². The predicted molar refractivity (Wildman–Crippen MR) is 62.9 cm³/mol. The van der Waals surface area contributed by atoms with Crippen LogP contribution < -0.4 is 0 Å². The number of aromatic amines is 1. The summed E-state index contributed by atoms with van der Waals surface area (Å²) in [7, 11) is 0. The zero-order valence-corrected chi connectivity index (χ0v) is 9.79. The number of H-pyrrole nitrogens is 1. The lowest BCUT2D eigenvalue weighted by molar-refractivity contribution is 0.694. The van der Waals surface area contributed by atoms with Crippen LogP contribution in [0.5, 0.6) is 0 Å². The first-order chi connectivity index (χ1) is 7.33. The van der Waals surface area contributed by atoms with Crippen molar-refractivity contribution in [3.63, 3.8) is 0 Å². The fourth-order valence-corrected chi connectivity index (χ4v) is 2.69. The maximum absolute atomic E-state index is 4.34. The van der Waals surface area contributed by atoms with Crippen molar-refractivity contribution in [2.45, 2.75) is 18.8 Å². The van der Waals surface area contributed by atoms with Crippen LogP contribution in [0.3, 0.4) is 0 Å². The molecule has 0 fully saturated rings. The topological polar surface area (TPSA) is 28.7 Å². The van der Waals surface area contributed by atoms with Crippen LogP contribution in [-0.2, 0) is 12.8 Å². The Labute approximate surface area is 96.9 Å². The number of benzene rings is 1. The normalized spacial score (nSPS) is 19.1. The Bertz CT molecular complexity index is 476. The SMILES string of the molecule is Brc1ccc2c(c1)CC(c1ncc[nH]1)C2. The van der Waals surface area contributed by atoms with E-state index in [-0.39, 0.29) is 0 Å². The largest absolute Gasteiger partial charge is 0.348 e. The number of nitrogens with one attached hydrogen (secondary N) is 1. The molecule has 2 nitrogen and oxygen atoms in total. The number of imidazole rings is 1. The lowest BCUT2D eigenvalue weighted by atomic mass is 10.1. The van der Waals surface area contributed by atoms with E-state index in [2.05, 4.69) is 44.1 Å². The van der Waals surface area contributed by atoms with Crippen molar-refractivity contribution in [2.75, 3.05) is 0 Å². The quantitative estimate of drug-likeness (QED) is 0.841. The average molecular weight is 263 g/mol. The minimum atomic E-state index is 0.532. The van der Waals surface area contributed by atoms with Gasteiger partial charge in [0.15, 0.2) is 0 Å². The van der Waals surface area contributed by atoms with Crippen molar-refractivity contribution in [1.82, 2.24) is 9.97 Å². The van der Waals surface area contributed by atoms with Gasteiger partial charge >= 0.3 is 0 Å². The van der Waals surface area contributed by atoms with E-state index in [9.17, 15) is 0 Å². The molecular weight excluding hydrogens is 252 g/mol. The first-order valence-electron chi connectivity index (χ1n) is 5.09. The van der Waals surface area contributed by atoms with Crippen LogP contribution in [-0.4, -0.2) is 9.97 Å². The van der Waals surface area contributed by atoms with Gasteiger partial charge in [0, 0.05) is 22.8 Å². The van der Waals surface area contributed by atoms with E-state index in [1.807, 2.05) is 12.4 Å². The summed E-state index contributed by atoms with van der Waals surface area (Å²) in [4.78, 5) is 7.54. The molecule has 1 aromatic carbocycles. The first kappa shape index (κ1) is 9.16. The van der Waals surface area contributed by atoms with Gasteiger partial charge in [0.05, 0.1) is 0 Å². The Morgan fingerprint density at radius 1 is 1.27 bits per heavy atom. The molecular formula is C12H11BrN2. The standard InChI is InChI=1S/C12H11BrN2/c13-11-2-1-8-5-10(6-9(8)7-11)12-14-3-4-15-12/h1-4,7,10H,5-6H2,(H,14,15). The summed E-state index contributed by atoms with van der Waals surface area (Å²) in [6.45, 7) is 0. The fraction of sp³-hybridized carbons (Fsp3) is 0.250. The molecule has 0 amide bonds. The summed E-state index contributed by atoms with van der Waals surface area (Å²) < 4.78 is 1.17. The highest BCUT2D eigenvalue weighted by atomic mass is 79.9. The molecule has 1 aromatic heterocycles. The van der Waals surface area contributed by atoms with Crippen molar-refractivity contribution in [2.24, 2.45) is 0 Å². The van der Waals surface area contributed by atoms with Crippen LogP contribution in [0.2, 0.25) is 0 Å². The van der Waals surface area contributed by atoms with Gasteiger partial charge in [0.2, 0.25) is 0 Å². The van der Waals surface area contributed by atoms with Crippen molar-refractivity contribution in [1.29, 1.82) is 0 Å². The lowest BCUT2D eigenvalue weighted by Gasteiger charge is -2.03. The third-order valence-electron chi connectivity index (χ3n) is 3.01. The molecule has 0 bridgehead atoms. The molecule has 2 aromatic rings. The fourth-order valence-electron chi connectivity index (χ4n) is 2.28. The van der Waals surface area contributed by atoms with E-state index in [4.69, 9.17) is 0 Å². The Morgan fingerprint density at radius 2 is 2.13 bits per heavy atom. The zero-order valence-electron chi connectivity index (χ0n) is 8.20. The van der Waals surface area contributed by atoms with Gasteiger partial charge in [-0.2, -0.15) is 0 Å². The molecule has 0 saturated heterocycles. The third-order valence-corrected chi connectivity index (χ3v) is 3.50. The Kier molecular flexibility index (Phi) is 2.13. The zero-order chi connectivity index (χ0) is 10.3. The van der Waals surface area contributed by atoms with Gasteiger partial charge in [-0.05, 0) is 36.1 Å². The smallest absolute Gasteiger partial charge is 0.109 e. The number of hydrogen-bond donors (Lipinski definition) is 1. The summed E-state index contributed by atoms with van der Waals surface area (Å²) in [5.41, 5.74) is 2.91. The molecule has 1 N–H and O–H groups in total. The van der Waals surface area contributed by atoms with Crippen LogP contribution in [0, 0.1) is 0 Å². The Morgan fingerprint density at radius 3 is 2.93 bits per heavy atom. The number of nitrogens with zero attached hydrogens (tertiary/aromatic N) is 1. The van der Waals surface area contributed by atoms with Gasteiger partial charge < -0.3 is 4.98 Å². The number of fused-ring (bicyclic) bond motifs is 1. The van der Waals surface area contributed by atoms with Crippen LogP contribution in [0.15, 0.2) is 35.1 Å². The van der Waals surface area contributed by atoms with E-state index in [0.717, 1.165) is 18.7 Å². The van der Waals surface area contributed by atoms with Crippen molar-refractivity contribution in [3.05, 3.63) is 52.0 Å². The second kappa shape index (κ2) is 3.49. The monoisotopic (exact) mass is 262 g/mol. The molecule has 0 saturated carbocycles. The van der Waals surface area contributed by atoms with E-state index < -0.39 is 0 Å². The maximum atomic E-state index is 4.34. The average Bonchev–Trinajstić information content (AvgIpc) is 2.84. The molecule has 1 atom stereocenters. The molecule has 3 rings (SSSR count). The van der Waals surface area contributed by atoms with Gasteiger partial charge in [-0.3, -0.25) is 0 Å². The highest BCUT2D eigenvalue weighted by Gasteiger charge is 2.24. The molecule has 0 spiro atoms. The summed E-state index contributed by atoms with van der Waals surface area (Å²) >= 11 is 3.51. The van der Waals surface area contributed by atoms with E-state index in [1.54, 1.807) is 0 Å². The minimum absolute atomic E-state index is 0.532. The molecule has 1 aliphatic rings. The minimum Gasteiger partial charge on any atom is -0.348 e. The molecule has 3 heteroatoms. The van der Waals surface area contributed by atoms with E-state index in [0.29, 0.717) is 5.92 Å². The summed E-state index contributed by atoms with van der Waals surface area (Å²) in [5.74, 6) is 1.65. The van der Waals surface area contributed by atoms with Gasteiger partial charge in [-0.15, -0.1) is 0 Å². The van der Waals surface area contributed by atoms with E-state index in [1.165, 1.54) is 15.6 Å². The first-order valence-corrected chi connectivity index (χ1v) is 5.89. The third kappa shape index (κ3) is 1.61. The molecule has 0 radical (unpaired) electrons. The lowest BCUT2D eigenvalue weighted by Crippen LogP contribution is -1.99. The van der Waals surface area contributed by atoms with Crippen molar-refractivity contribution < 1.29 is 0 Å². The highest BCUT2D eigenvalue weighted by molar-refractivity contribution is 9.10. The summed E-state index contributed by atoms with van der Waals surface area (Å²) in [6, 6.07) is 6.55. The molecule has 76 valence electrons. The van der Waals surface area contributed by atoms with Gasteiger partial charge in [0.25, 0.3) is 0 Å². The molecule has 1 heterocycles. The number of aromatic nitrogens is 2. The summed E-state index contributed by atoms with van der Waals surface area (Å²) in [6.07, 6.45) is 5.93. The highest BCUT2D eigenvalue weighted by Crippen LogP contribution is 2.33. The number of hydrogen-bond acceptors (Lipinski definition) is 1. The van der Waals surface area contributed by atoms with Crippen molar-refractivity contribution >= 4 is 15.9 Å². The predicted octanol–water partition coefficient (Wildman–Crippen LogP) is 3.05. The van der Waals surface area contributed by atoms with Crippen LogP contribution >= 0.6 is 15.9 Å². The second-order valence-corrected chi connectivity index (χ2v) is 4.91. The van der Waals surface area contributed by atoms with Crippen LogP contribution in [0.25, 0.3) is 0 Å². The van der Waals surface area contributed by atoms with Gasteiger partial charge in [0.1, 0.15) is 5.82 Å². The molecule has 15 heavy (non-hydrogen) atoms. The maximum Gasteiger partial charge on any atom is 0.109 e. The van der Waals surface area contributed by atoms with Gasteiger partial charge in [-0.1, -0.05) is 22.0 Å². The number of halogens is 1. The Balaban J connectivity index is 1.92. The molecule has 1 aliphatic carbocycles. The van der Waals surface area contributed by atoms with E-state index >= 15 is 0 Å². The van der Waals surface area contributed by atoms with Gasteiger partial charge in [-0.25, -0.2) is 4.98 Å². The van der Waals surface area contributed by atoms with Crippen molar-refractivity contribution in [3.8, 4) is 0 Å². The molecule has 1 unspecified atom stereocenters.